The summed E-state index contributed by atoms with van der Waals surface area (Å²) in [5, 5.41) is 13.6. The van der Waals surface area contributed by atoms with E-state index in [2.05, 4.69) is 22.8 Å². The molecular formula is C18H27N3O4. The van der Waals surface area contributed by atoms with Crippen molar-refractivity contribution in [2.75, 3.05) is 13.6 Å². The summed E-state index contributed by atoms with van der Waals surface area (Å²) in [5.41, 5.74) is 2.83. The summed E-state index contributed by atoms with van der Waals surface area (Å²) in [7, 11) is 1.48. The molecule has 0 radical (unpaired) electrons. The molecule has 1 unspecified atom stereocenters. The second-order valence-corrected chi connectivity index (χ2v) is 5.91. The minimum Gasteiger partial charge on any atom is -0.358 e. The van der Waals surface area contributed by atoms with Crippen molar-refractivity contribution in [3.05, 3.63) is 35.9 Å². The van der Waals surface area contributed by atoms with Crippen LogP contribution in [0.2, 0.25) is 0 Å². The minimum atomic E-state index is -0.607. The van der Waals surface area contributed by atoms with Gasteiger partial charge in [-0.05, 0) is 24.8 Å². The van der Waals surface area contributed by atoms with Gasteiger partial charge in [0.2, 0.25) is 17.7 Å². The van der Waals surface area contributed by atoms with Crippen LogP contribution in [0.25, 0.3) is 0 Å². The smallest absolute Gasteiger partial charge is 0.244 e. The summed E-state index contributed by atoms with van der Waals surface area (Å²) in [4.78, 5) is 34.7. The van der Waals surface area contributed by atoms with E-state index in [-0.39, 0.29) is 24.8 Å². The lowest BCUT2D eigenvalue weighted by Crippen LogP contribution is -2.39. The van der Waals surface area contributed by atoms with Crippen LogP contribution < -0.4 is 16.1 Å². The molecular weight excluding hydrogens is 322 g/mol. The number of carbonyl (C=O) groups is 3. The van der Waals surface area contributed by atoms with Crippen molar-refractivity contribution >= 4 is 17.7 Å². The van der Waals surface area contributed by atoms with E-state index < -0.39 is 11.8 Å². The summed E-state index contributed by atoms with van der Waals surface area (Å²) >= 11 is 0. The van der Waals surface area contributed by atoms with Crippen LogP contribution in [0.1, 0.15) is 37.7 Å². The maximum Gasteiger partial charge on any atom is 0.244 e. The molecule has 0 aliphatic rings. The van der Waals surface area contributed by atoms with Crippen LogP contribution in [0.15, 0.2) is 30.3 Å². The summed E-state index contributed by atoms with van der Waals surface area (Å²) in [6.45, 7) is -0.124. The molecule has 1 rings (SSSR count). The van der Waals surface area contributed by atoms with Crippen LogP contribution in [-0.4, -0.2) is 36.5 Å². The Morgan fingerprint density at radius 3 is 2.40 bits per heavy atom. The fourth-order valence-corrected chi connectivity index (χ4v) is 2.54. The molecule has 0 aliphatic heterocycles. The molecule has 25 heavy (non-hydrogen) atoms. The molecule has 4 N–H and O–H groups in total. The quantitative estimate of drug-likeness (QED) is 0.273. The van der Waals surface area contributed by atoms with E-state index in [4.69, 9.17) is 5.21 Å². The van der Waals surface area contributed by atoms with E-state index >= 15 is 0 Å². The molecule has 0 aliphatic carbocycles. The Kier molecular flexibility index (Phi) is 9.92. The number of likely N-dealkylation sites (N-methyl/N-ethyl adjacent to an activating group) is 1. The first-order valence-corrected chi connectivity index (χ1v) is 8.52. The highest BCUT2D eigenvalue weighted by Gasteiger charge is 2.21. The fourth-order valence-electron chi connectivity index (χ4n) is 2.54. The molecule has 138 valence electrons. The van der Waals surface area contributed by atoms with E-state index in [1.54, 1.807) is 5.48 Å². The molecule has 0 aromatic heterocycles. The number of hydrogen-bond donors (Lipinski definition) is 4. The maximum atomic E-state index is 12.1. The second kappa shape index (κ2) is 12.0. The Bertz CT molecular complexity index is 549. The van der Waals surface area contributed by atoms with Gasteiger partial charge in [-0.2, -0.15) is 0 Å². The van der Waals surface area contributed by atoms with Crippen LogP contribution in [0.5, 0.6) is 0 Å². The third-order valence-electron chi connectivity index (χ3n) is 3.99. The number of carbonyl (C=O) groups excluding carboxylic acids is 3. The number of unbranched alkanes of at least 4 members (excludes halogenated alkanes) is 2. The number of aryl methyl sites for hydroxylation is 1. The van der Waals surface area contributed by atoms with Gasteiger partial charge in [-0.15, -0.1) is 0 Å². The molecule has 1 aromatic rings. The van der Waals surface area contributed by atoms with E-state index in [0.717, 1.165) is 25.7 Å². The standard InChI is InChI=1S/C18H27N3O4/c1-19-17(23)13-20-18(24)15(12-16(22)21-25)11-7-3-6-10-14-8-4-2-5-9-14/h2,4-5,8-9,15,25H,3,6-7,10-13H2,1H3,(H,19,23)(H,20,24)(H,21,22). The number of rotatable bonds is 11. The number of amides is 3. The van der Waals surface area contributed by atoms with Crippen molar-refractivity contribution in [2.24, 2.45) is 5.92 Å². The highest BCUT2D eigenvalue weighted by molar-refractivity contribution is 5.88. The molecule has 7 heteroatoms. The van der Waals surface area contributed by atoms with Gasteiger partial charge < -0.3 is 10.6 Å². The van der Waals surface area contributed by atoms with Crippen molar-refractivity contribution in [2.45, 2.75) is 38.5 Å². The number of hydrogen-bond acceptors (Lipinski definition) is 4. The number of benzene rings is 1. The monoisotopic (exact) mass is 349 g/mol. The molecule has 0 bridgehead atoms. The average molecular weight is 349 g/mol. The summed E-state index contributed by atoms with van der Waals surface area (Å²) < 4.78 is 0. The fraction of sp³-hybridized carbons (Fsp3) is 0.500. The van der Waals surface area contributed by atoms with Crippen molar-refractivity contribution in [1.82, 2.24) is 16.1 Å². The second-order valence-electron chi connectivity index (χ2n) is 5.91. The van der Waals surface area contributed by atoms with Crippen LogP contribution in [0.3, 0.4) is 0 Å². The van der Waals surface area contributed by atoms with Gasteiger partial charge in [-0.25, -0.2) is 5.48 Å². The lowest BCUT2D eigenvalue weighted by Gasteiger charge is -2.15. The minimum absolute atomic E-state index is 0.102. The summed E-state index contributed by atoms with van der Waals surface area (Å²) in [5.74, 6) is -1.82. The molecule has 0 fully saturated rings. The zero-order valence-electron chi connectivity index (χ0n) is 14.6. The SMILES string of the molecule is CNC(=O)CNC(=O)C(CCCCCc1ccccc1)CC(=O)NO. The third-order valence-corrected chi connectivity index (χ3v) is 3.99. The number of nitrogens with one attached hydrogen (secondary N) is 3. The van der Waals surface area contributed by atoms with Gasteiger partial charge >= 0.3 is 0 Å². The van der Waals surface area contributed by atoms with Gasteiger partial charge in [0.05, 0.1) is 6.54 Å². The third kappa shape index (κ3) is 8.85. The highest BCUT2D eigenvalue weighted by Crippen LogP contribution is 2.15. The van der Waals surface area contributed by atoms with Gasteiger partial charge in [0.15, 0.2) is 0 Å². The first kappa shape index (κ1) is 20.6. The van der Waals surface area contributed by atoms with Gasteiger partial charge in [-0.1, -0.05) is 43.2 Å². The Labute approximate surface area is 148 Å². The Morgan fingerprint density at radius 1 is 1.04 bits per heavy atom. The Morgan fingerprint density at radius 2 is 1.76 bits per heavy atom. The first-order chi connectivity index (χ1) is 12.1. The molecule has 0 spiro atoms. The van der Waals surface area contributed by atoms with E-state index in [1.807, 2.05) is 18.2 Å². The molecule has 0 saturated heterocycles. The van der Waals surface area contributed by atoms with Crippen molar-refractivity contribution in [3.63, 3.8) is 0 Å². The maximum absolute atomic E-state index is 12.1. The van der Waals surface area contributed by atoms with E-state index in [1.165, 1.54) is 12.6 Å². The van der Waals surface area contributed by atoms with Crippen LogP contribution in [0, 0.1) is 5.92 Å². The molecule has 1 atom stereocenters. The topological polar surface area (TPSA) is 108 Å². The lowest BCUT2D eigenvalue weighted by molar-refractivity contribution is -0.135. The van der Waals surface area contributed by atoms with Crippen molar-refractivity contribution in [3.8, 4) is 0 Å². The van der Waals surface area contributed by atoms with Crippen LogP contribution in [0.4, 0.5) is 0 Å². The molecule has 0 saturated carbocycles. The van der Waals surface area contributed by atoms with E-state index in [9.17, 15) is 14.4 Å². The average Bonchev–Trinajstić information content (AvgIpc) is 2.65. The van der Waals surface area contributed by atoms with Crippen LogP contribution >= 0.6 is 0 Å². The molecule has 3 amide bonds. The Hall–Kier alpha value is -2.41. The van der Waals surface area contributed by atoms with Gasteiger partial charge in [-0.3, -0.25) is 19.6 Å². The summed E-state index contributed by atoms with van der Waals surface area (Å²) in [6, 6.07) is 10.2. The predicted octanol–water partition coefficient (Wildman–Crippen LogP) is 1.16. The zero-order chi connectivity index (χ0) is 18.5. The summed E-state index contributed by atoms with van der Waals surface area (Å²) in [6.07, 6.45) is 4.14. The lowest BCUT2D eigenvalue weighted by atomic mass is 9.95. The zero-order valence-corrected chi connectivity index (χ0v) is 14.6. The van der Waals surface area contributed by atoms with Crippen LogP contribution in [-0.2, 0) is 20.8 Å². The number of hydroxylamine groups is 1. The van der Waals surface area contributed by atoms with Gasteiger partial charge in [0, 0.05) is 19.4 Å². The van der Waals surface area contributed by atoms with Gasteiger partial charge in [0.25, 0.3) is 0 Å². The first-order valence-electron chi connectivity index (χ1n) is 8.52. The largest absolute Gasteiger partial charge is 0.358 e. The van der Waals surface area contributed by atoms with Gasteiger partial charge in [0.1, 0.15) is 0 Å². The molecule has 0 heterocycles. The van der Waals surface area contributed by atoms with Crippen molar-refractivity contribution < 1.29 is 19.6 Å². The normalized spacial score (nSPS) is 11.4. The predicted molar refractivity (Wildman–Crippen MR) is 93.7 cm³/mol. The van der Waals surface area contributed by atoms with E-state index in [0.29, 0.717) is 6.42 Å². The van der Waals surface area contributed by atoms with Crippen molar-refractivity contribution in [1.29, 1.82) is 0 Å². The molecule has 7 nitrogen and oxygen atoms in total. The highest BCUT2D eigenvalue weighted by atomic mass is 16.5. The molecule has 1 aromatic carbocycles. The Balaban J connectivity index is 2.37.